The highest BCUT2D eigenvalue weighted by Gasteiger charge is 2.10. The number of aryl methyl sites for hydroxylation is 1. The number of halogens is 1. The smallest absolute Gasteiger partial charge is 0.147 e. The summed E-state index contributed by atoms with van der Waals surface area (Å²) in [5.74, 6) is 0.148. The number of para-hydroxylation sites is 1. The number of nitrogens with two attached hydrogens (primary N) is 1. The highest BCUT2D eigenvalue weighted by Crippen LogP contribution is 2.24. The van der Waals surface area contributed by atoms with Gasteiger partial charge in [0.1, 0.15) is 24.2 Å². The summed E-state index contributed by atoms with van der Waals surface area (Å²) in [6.07, 6.45) is 0. The molecule has 3 nitrogen and oxygen atoms in total. The lowest BCUT2D eigenvalue weighted by atomic mass is 10.1. The molecule has 0 fully saturated rings. The summed E-state index contributed by atoms with van der Waals surface area (Å²) in [6.45, 7) is 2.34. The highest BCUT2D eigenvalue weighted by molar-refractivity contribution is 5.41. The first-order valence-electron chi connectivity index (χ1n) is 6.26. The van der Waals surface area contributed by atoms with Crippen molar-refractivity contribution in [1.29, 1.82) is 5.26 Å². The maximum absolute atomic E-state index is 13.9. The van der Waals surface area contributed by atoms with E-state index in [1.807, 2.05) is 31.2 Å². The van der Waals surface area contributed by atoms with Gasteiger partial charge in [0.15, 0.2) is 0 Å². The third-order valence-electron chi connectivity index (χ3n) is 3.08. The Bertz CT molecular complexity index is 662. The van der Waals surface area contributed by atoms with Gasteiger partial charge in [-0.3, -0.25) is 0 Å². The fourth-order valence-electron chi connectivity index (χ4n) is 2.01. The Labute approximate surface area is 117 Å². The zero-order valence-corrected chi connectivity index (χ0v) is 11.2. The molecule has 2 aromatic rings. The Morgan fingerprint density at radius 2 is 1.90 bits per heavy atom. The van der Waals surface area contributed by atoms with Crippen LogP contribution in [0.1, 0.15) is 22.3 Å². The molecule has 0 aliphatic heterocycles. The van der Waals surface area contributed by atoms with E-state index in [1.165, 1.54) is 6.07 Å². The maximum Gasteiger partial charge on any atom is 0.147 e. The number of rotatable bonds is 4. The molecule has 0 saturated carbocycles. The average Bonchev–Trinajstić information content (AvgIpc) is 2.47. The Hall–Kier alpha value is -2.38. The van der Waals surface area contributed by atoms with Crippen molar-refractivity contribution in [2.75, 3.05) is 0 Å². The van der Waals surface area contributed by atoms with Crippen LogP contribution in [-0.2, 0) is 13.2 Å². The van der Waals surface area contributed by atoms with E-state index in [0.29, 0.717) is 17.9 Å². The first-order valence-corrected chi connectivity index (χ1v) is 6.26. The molecule has 2 aromatic carbocycles. The minimum absolute atomic E-state index is 0.0231. The van der Waals surface area contributed by atoms with Gasteiger partial charge in [-0.2, -0.15) is 5.26 Å². The molecule has 0 unspecified atom stereocenters. The summed E-state index contributed by atoms with van der Waals surface area (Å²) in [6, 6.07) is 12.2. The van der Waals surface area contributed by atoms with Gasteiger partial charge in [-0.25, -0.2) is 4.39 Å². The third kappa shape index (κ3) is 2.79. The lowest BCUT2D eigenvalue weighted by molar-refractivity contribution is 0.294. The van der Waals surface area contributed by atoms with Crippen LogP contribution in [0.4, 0.5) is 4.39 Å². The number of hydrogen-bond donors (Lipinski definition) is 1. The molecule has 0 spiro atoms. The van der Waals surface area contributed by atoms with Crippen molar-refractivity contribution in [2.45, 2.75) is 20.1 Å². The van der Waals surface area contributed by atoms with Crippen LogP contribution in [0.15, 0.2) is 36.4 Å². The number of ether oxygens (including phenoxy) is 1. The zero-order valence-electron chi connectivity index (χ0n) is 11.2. The molecular formula is C16H15FN2O. The highest BCUT2D eigenvalue weighted by atomic mass is 19.1. The van der Waals surface area contributed by atoms with Crippen LogP contribution >= 0.6 is 0 Å². The van der Waals surface area contributed by atoms with Crippen LogP contribution in [0.25, 0.3) is 0 Å². The fourth-order valence-corrected chi connectivity index (χ4v) is 2.01. The van der Waals surface area contributed by atoms with Gasteiger partial charge in [0.2, 0.25) is 0 Å². The Kier molecular flexibility index (Phi) is 4.34. The van der Waals surface area contributed by atoms with Gasteiger partial charge in [-0.1, -0.05) is 30.3 Å². The van der Waals surface area contributed by atoms with E-state index < -0.39 is 5.82 Å². The predicted octanol–water partition coefficient (Wildman–Crippen LogP) is 3.04. The largest absolute Gasteiger partial charge is 0.488 e. The minimum atomic E-state index is -0.530. The molecule has 4 heteroatoms. The summed E-state index contributed by atoms with van der Waals surface area (Å²) in [5, 5.41) is 8.81. The van der Waals surface area contributed by atoms with E-state index in [0.717, 1.165) is 11.1 Å². The SMILES string of the molecule is Cc1cccc(CN)c1OCc1cccc(C#N)c1F. The quantitative estimate of drug-likeness (QED) is 0.929. The summed E-state index contributed by atoms with van der Waals surface area (Å²) < 4.78 is 19.6. The summed E-state index contributed by atoms with van der Waals surface area (Å²) in [4.78, 5) is 0. The van der Waals surface area contributed by atoms with Crippen LogP contribution in [0.2, 0.25) is 0 Å². The minimum Gasteiger partial charge on any atom is -0.488 e. The van der Waals surface area contributed by atoms with Crippen molar-refractivity contribution in [3.8, 4) is 11.8 Å². The zero-order chi connectivity index (χ0) is 14.5. The van der Waals surface area contributed by atoms with Gasteiger partial charge in [-0.05, 0) is 18.6 Å². The van der Waals surface area contributed by atoms with E-state index in [2.05, 4.69) is 0 Å². The Morgan fingerprint density at radius 1 is 1.20 bits per heavy atom. The van der Waals surface area contributed by atoms with Crippen molar-refractivity contribution in [3.05, 3.63) is 64.5 Å². The van der Waals surface area contributed by atoms with Gasteiger partial charge in [0.05, 0.1) is 5.56 Å². The summed E-state index contributed by atoms with van der Waals surface area (Å²) >= 11 is 0. The van der Waals surface area contributed by atoms with E-state index >= 15 is 0 Å². The normalized spacial score (nSPS) is 10.1. The van der Waals surface area contributed by atoms with Crippen molar-refractivity contribution in [3.63, 3.8) is 0 Å². The van der Waals surface area contributed by atoms with Crippen LogP contribution in [0.3, 0.4) is 0 Å². The molecule has 0 heterocycles. The second-order valence-corrected chi connectivity index (χ2v) is 4.45. The lowest BCUT2D eigenvalue weighted by Crippen LogP contribution is -2.05. The van der Waals surface area contributed by atoms with E-state index in [4.69, 9.17) is 15.7 Å². The Balaban J connectivity index is 2.24. The molecule has 2 N–H and O–H groups in total. The number of nitriles is 1. The second-order valence-electron chi connectivity index (χ2n) is 4.45. The van der Waals surface area contributed by atoms with Crippen LogP contribution in [0, 0.1) is 24.1 Å². The molecule has 20 heavy (non-hydrogen) atoms. The topological polar surface area (TPSA) is 59.0 Å². The molecule has 0 aliphatic rings. The molecular weight excluding hydrogens is 255 g/mol. The van der Waals surface area contributed by atoms with Crippen molar-refractivity contribution < 1.29 is 9.13 Å². The van der Waals surface area contributed by atoms with Crippen LogP contribution in [0.5, 0.6) is 5.75 Å². The molecule has 0 amide bonds. The van der Waals surface area contributed by atoms with Crippen molar-refractivity contribution >= 4 is 0 Å². The van der Waals surface area contributed by atoms with Crippen LogP contribution in [-0.4, -0.2) is 0 Å². The van der Waals surface area contributed by atoms with E-state index in [9.17, 15) is 4.39 Å². The second kappa shape index (κ2) is 6.18. The van der Waals surface area contributed by atoms with Gasteiger partial charge in [0.25, 0.3) is 0 Å². The lowest BCUT2D eigenvalue weighted by Gasteiger charge is -2.13. The van der Waals surface area contributed by atoms with Gasteiger partial charge in [-0.15, -0.1) is 0 Å². The summed E-state index contributed by atoms with van der Waals surface area (Å²) in [5.41, 5.74) is 7.87. The number of benzene rings is 2. The maximum atomic E-state index is 13.9. The number of nitrogens with zero attached hydrogens (tertiary/aromatic N) is 1. The molecule has 0 aromatic heterocycles. The molecule has 0 radical (unpaired) electrons. The van der Waals surface area contributed by atoms with Gasteiger partial charge < -0.3 is 10.5 Å². The molecule has 0 aliphatic carbocycles. The van der Waals surface area contributed by atoms with E-state index in [-0.39, 0.29) is 12.2 Å². The fraction of sp³-hybridized carbons (Fsp3) is 0.188. The monoisotopic (exact) mass is 270 g/mol. The predicted molar refractivity (Wildman–Crippen MR) is 74.5 cm³/mol. The molecule has 0 bridgehead atoms. The van der Waals surface area contributed by atoms with Gasteiger partial charge >= 0.3 is 0 Å². The molecule has 2 rings (SSSR count). The van der Waals surface area contributed by atoms with E-state index in [1.54, 1.807) is 12.1 Å². The molecule has 0 atom stereocenters. The molecule has 102 valence electrons. The first-order chi connectivity index (χ1) is 9.67. The van der Waals surface area contributed by atoms with Crippen LogP contribution < -0.4 is 10.5 Å². The molecule has 0 saturated heterocycles. The summed E-state index contributed by atoms with van der Waals surface area (Å²) in [7, 11) is 0. The first kappa shape index (κ1) is 14.0. The van der Waals surface area contributed by atoms with Crippen molar-refractivity contribution in [2.24, 2.45) is 5.73 Å². The van der Waals surface area contributed by atoms with Crippen molar-refractivity contribution in [1.82, 2.24) is 0 Å². The average molecular weight is 270 g/mol. The Morgan fingerprint density at radius 3 is 2.60 bits per heavy atom. The third-order valence-corrected chi connectivity index (χ3v) is 3.08. The number of hydrogen-bond acceptors (Lipinski definition) is 3. The standard InChI is InChI=1S/C16H15FN2O/c1-11-4-2-6-13(9-19)16(11)20-10-14-7-3-5-12(8-18)15(14)17/h2-7H,9-10,19H2,1H3. The van der Waals surface area contributed by atoms with Gasteiger partial charge in [0, 0.05) is 17.7 Å².